The molecule has 2 atom stereocenters. The molecule has 2 aromatic rings. The van der Waals surface area contributed by atoms with Gasteiger partial charge in [-0.05, 0) is 54.5 Å². The molecule has 2 unspecified atom stereocenters. The number of benzene rings is 1. The van der Waals surface area contributed by atoms with Gasteiger partial charge in [-0.3, -0.25) is 9.59 Å². The zero-order chi connectivity index (χ0) is 25.9. The Balaban J connectivity index is 1.70. The second-order valence-corrected chi connectivity index (χ2v) is 9.84. The number of likely N-dealkylation sites (tertiary alicyclic amines) is 1. The molecule has 0 bridgehead atoms. The van der Waals surface area contributed by atoms with Gasteiger partial charge in [0.1, 0.15) is 5.60 Å². The number of carbonyl (C=O) groups is 2. The van der Waals surface area contributed by atoms with Crippen LogP contribution < -0.4 is 5.56 Å². The number of carboxylic acid groups (broad SMARTS) is 1. The summed E-state index contributed by atoms with van der Waals surface area (Å²) >= 11 is 6.53. The summed E-state index contributed by atoms with van der Waals surface area (Å²) in [5.74, 6) is -1.03. The van der Waals surface area contributed by atoms with Crippen LogP contribution in [0.2, 0.25) is 5.02 Å². The van der Waals surface area contributed by atoms with Crippen molar-refractivity contribution in [2.75, 3.05) is 33.9 Å². The lowest BCUT2D eigenvalue weighted by molar-refractivity contribution is -0.159. The number of hydrogen-bond acceptors (Lipinski definition) is 5. The van der Waals surface area contributed by atoms with E-state index in [0.29, 0.717) is 23.7 Å². The highest BCUT2D eigenvalue weighted by atomic mass is 35.5. The molecular formula is C26H32ClN3O6. The average Bonchev–Trinajstić information content (AvgIpc) is 3.72. The van der Waals surface area contributed by atoms with Crippen molar-refractivity contribution in [3.05, 3.63) is 68.6 Å². The van der Waals surface area contributed by atoms with Gasteiger partial charge >= 0.3 is 6.09 Å². The molecule has 1 aliphatic carbocycles. The monoisotopic (exact) mass is 517 g/mol. The van der Waals surface area contributed by atoms with E-state index in [4.69, 9.17) is 21.1 Å². The van der Waals surface area contributed by atoms with Gasteiger partial charge in [0.15, 0.2) is 0 Å². The van der Waals surface area contributed by atoms with Crippen molar-refractivity contribution >= 4 is 23.6 Å². The van der Waals surface area contributed by atoms with E-state index in [9.17, 15) is 19.5 Å². The molecule has 1 aromatic carbocycles. The van der Waals surface area contributed by atoms with Crippen molar-refractivity contribution in [3.63, 3.8) is 0 Å². The number of carbonyl (C=O) groups excluding carboxylic acids is 1. The van der Waals surface area contributed by atoms with Gasteiger partial charge in [-0.15, -0.1) is 0 Å². The number of hydrogen-bond donors (Lipinski definition) is 2. The van der Waals surface area contributed by atoms with Gasteiger partial charge in [-0.2, -0.15) is 0 Å². The Hall–Kier alpha value is -2.88. The molecule has 10 heteroatoms. The van der Waals surface area contributed by atoms with Crippen molar-refractivity contribution in [1.29, 1.82) is 0 Å². The van der Waals surface area contributed by atoms with Gasteiger partial charge in [0.2, 0.25) is 11.5 Å². The van der Waals surface area contributed by atoms with Gasteiger partial charge in [0.05, 0.1) is 12.5 Å². The molecule has 2 heterocycles. The normalized spacial score (nSPS) is 21.9. The standard InChI is InChI=1S/C26H32ClN3O6/c1-35-12-8-17-3-6-22(27)18(13-17)15-30(20-4-5-20)24(32)21-16-29(25(33)34)11-9-26(21,36-2)19-7-10-28-23(31)14-19/h3,6-7,10,13-14,20-21H,4-5,8-9,11-12,15-16H2,1-2H3,(H,28,31)(H,33,34). The first-order valence-corrected chi connectivity index (χ1v) is 12.5. The van der Waals surface area contributed by atoms with Crippen LogP contribution in [0.25, 0.3) is 0 Å². The maximum atomic E-state index is 14.2. The Kier molecular flexibility index (Phi) is 8.02. The highest BCUT2D eigenvalue weighted by Gasteiger charge is 2.52. The van der Waals surface area contributed by atoms with E-state index >= 15 is 0 Å². The number of halogens is 1. The van der Waals surface area contributed by atoms with Crippen LogP contribution in [0.4, 0.5) is 4.79 Å². The summed E-state index contributed by atoms with van der Waals surface area (Å²) < 4.78 is 11.2. The van der Waals surface area contributed by atoms with E-state index in [1.54, 1.807) is 18.1 Å². The highest BCUT2D eigenvalue weighted by molar-refractivity contribution is 6.31. The smallest absolute Gasteiger partial charge is 0.407 e. The lowest BCUT2D eigenvalue weighted by atomic mass is 9.75. The summed E-state index contributed by atoms with van der Waals surface area (Å²) in [6.07, 6.45) is 3.15. The summed E-state index contributed by atoms with van der Waals surface area (Å²) in [4.78, 5) is 43.9. The molecule has 2 aliphatic rings. The third-order valence-corrected chi connectivity index (χ3v) is 7.60. The minimum atomic E-state index is -1.13. The largest absolute Gasteiger partial charge is 0.465 e. The van der Waals surface area contributed by atoms with Crippen LogP contribution in [0.15, 0.2) is 41.3 Å². The summed E-state index contributed by atoms with van der Waals surface area (Å²) in [6, 6.07) is 8.97. The van der Waals surface area contributed by atoms with E-state index in [1.165, 1.54) is 24.3 Å². The lowest BCUT2D eigenvalue weighted by Crippen LogP contribution is -2.58. The first-order valence-electron chi connectivity index (χ1n) is 12.1. The Morgan fingerprint density at radius 1 is 1.25 bits per heavy atom. The number of aromatic nitrogens is 1. The molecule has 1 saturated heterocycles. The van der Waals surface area contributed by atoms with Crippen molar-refractivity contribution < 1.29 is 24.2 Å². The maximum absolute atomic E-state index is 14.2. The average molecular weight is 518 g/mol. The lowest BCUT2D eigenvalue weighted by Gasteiger charge is -2.47. The van der Waals surface area contributed by atoms with Crippen molar-refractivity contribution in [2.24, 2.45) is 5.92 Å². The number of nitrogens with one attached hydrogen (secondary N) is 1. The van der Waals surface area contributed by atoms with Crippen molar-refractivity contribution in [2.45, 2.75) is 43.9 Å². The van der Waals surface area contributed by atoms with E-state index in [0.717, 1.165) is 30.4 Å². The minimum Gasteiger partial charge on any atom is -0.465 e. The van der Waals surface area contributed by atoms with Crippen LogP contribution in [-0.4, -0.2) is 71.8 Å². The number of rotatable bonds is 9. The van der Waals surface area contributed by atoms with Crippen LogP contribution in [-0.2, 0) is 32.8 Å². The summed E-state index contributed by atoms with van der Waals surface area (Å²) in [6.45, 7) is 1.05. The number of piperidine rings is 1. The van der Waals surface area contributed by atoms with Crippen molar-refractivity contribution in [1.82, 2.24) is 14.8 Å². The van der Waals surface area contributed by atoms with Gasteiger partial charge in [-0.1, -0.05) is 23.7 Å². The van der Waals surface area contributed by atoms with Crippen LogP contribution >= 0.6 is 11.6 Å². The fraction of sp³-hybridized carbons (Fsp3) is 0.500. The van der Waals surface area contributed by atoms with Gasteiger partial charge in [-0.25, -0.2) is 4.79 Å². The van der Waals surface area contributed by atoms with Crippen molar-refractivity contribution in [3.8, 4) is 0 Å². The Bertz CT molecular complexity index is 1170. The molecule has 1 saturated carbocycles. The fourth-order valence-corrected chi connectivity index (χ4v) is 5.26. The third-order valence-electron chi connectivity index (χ3n) is 7.23. The molecular weight excluding hydrogens is 486 g/mol. The van der Waals surface area contributed by atoms with Crippen LogP contribution in [0.1, 0.15) is 36.0 Å². The SMILES string of the molecule is COCCc1ccc(Cl)c(CN(C(=O)C2CN(C(=O)O)CCC2(OC)c2cc[nH]c(=O)c2)C2CC2)c1. The first-order chi connectivity index (χ1) is 17.3. The Labute approximate surface area is 214 Å². The quantitative estimate of drug-likeness (QED) is 0.528. The molecule has 36 heavy (non-hydrogen) atoms. The molecule has 9 nitrogen and oxygen atoms in total. The topological polar surface area (TPSA) is 112 Å². The number of nitrogens with zero attached hydrogens (tertiary/aromatic N) is 2. The zero-order valence-electron chi connectivity index (χ0n) is 20.5. The van der Waals surface area contributed by atoms with E-state index in [1.807, 2.05) is 18.2 Å². The third kappa shape index (κ3) is 5.43. The number of H-pyrrole nitrogens is 1. The van der Waals surface area contributed by atoms with Gasteiger partial charge in [0.25, 0.3) is 0 Å². The van der Waals surface area contributed by atoms with E-state index < -0.39 is 17.6 Å². The van der Waals surface area contributed by atoms with E-state index in [2.05, 4.69) is 4.98 Å². The number of ether oxygens (including phenoxy) is 2. The molecule has 2 fully saturated rings. The number of pyridine rings is 1. The van der Waals surface area contributed by atoms with E-state index in [-0.39, 0.29) is 37.0 Å². The molecule has 2 N–H and O–H groups in total. The molecule has 4 rings (SSSR count). The zero-order valence-corrected chi connectivity index (χ0v) is 21.3. The Morgan fingerprint density at radius 3 is 2.67 bits per heavy atom. The fourth-order valence-electron chi connectivity index (χ4n) is 5.08. The van der Waals surface area contributed by atoms with Crippen LogP contribution in [0.5, 0.6) is 0 Å². The van der Waals surface area contributed by atoms with Gasteiger partial charge in [0, 0.05) is 57.2 Å². The summed E-state index contributed by atoms with van der Waals surface area (Å²) in [5.41, 5.74) is 1.01. The first kappa shape index (κ1) is 26.2. The van der Waals surface area contributed by atoms with Crippen LogP contribution in [0, 0.1) is 5.92 Å². The number of methoxy groups -OCH3 is 2. The van der Waals surface area contributed by atoms with Gasteiger partial charge < -0.3 is 29.4 Å². The summed E-state index contributed by atoms with van der Waals surface area (Å²) in [7, 11) is 3.16. The summed E-state index contributed by atoms with van der Waals surface area (Å²) in [5, 5.41) is 10.3. The van der Waals surface area contributed by atoms with Crippen LogP contribution in [0.3, 0.4) is 0 Å². The number of aromatic amines is 1. The maximum Gasteiger partial charge on any atom is 0.407 e. The molecule has 0 radical (unpaired) electrons. The molecule has 1 aromatic heterocycles. The second-order valence-electron chi connectivity index (χ2n) is 9.43. The minimum absolute atomic E-state index is 0.0281. The predicted octanol–water partition coefficient (Wildman–Crippen LogP) is 3.25. The molecule has 1 aliphatic heterocycles. The Morgan fingerprint density at radius 2 is 2.03 bits per heavy atom. The molecule has 0 spiro atoms. The molecule has 2 amide bonds. The molecule has 194 valence electrons. The predicted molar refractivity (Wildman–Crippen MR) is 134 cm³/mol. The number of amides is 2. The second kappa shape index (κ2) is 11.0. The highest BCUT2D eigenvalue weighted by Crippen LogP contribution is 2.43.